The number of imidazole rings is 1. The maximum absolute atomic E-state index is 13.6. The van der Waals surface area contributed by atoms with Crippen molar-refractivity contribution < 1.29 is 19.1 Å². The molecule has 8 nitrogen and oxygen atoms in total. The van der Waals surface area contributed by atoms with Gasteiger partial charge in [-0.25, -0.2) is 4.98 Å². The number of fused-ring (bicyclic) bond motifs is 1. The molecule has 0 saturated carbocycles. The molecule has 1 atom stereocenters. The quantitative estimate of drug-likeness (QED) is 0.612. The van der Waals surface area contributed by atoms with E-state index in [9.17, 15) is 9.59 Å². The van der Waals surface area contributed by atoms with E-state index < -0.39 is 5.91 Å². The molecule has 32 heavy (non-hydrogen) atoms. The van der Waals surface area contributed by atoms with Crippen molar-refractivity contribution in [3.8, 4) is 11.5 Å². The number of nitrogens with two attached hydrogens (primary N) is 1. The van der Waals surface area contributed by atoms with Crippen LogP contribution in [-0.2, 0) is 11.8 Å². The van der Waals surface area contributed by atoms with Crippen molar-refractivity contribution in [2.45, 2.75) is 25.3 Å². The number of rotatable bonds is 6. The third kappa shape index (κ3) is 4.10. The number of carbonyl (C=O) groups is 2. The summed E-state index contributed by atoms with van der Waals surface area (Å²) in [5, 5.41) is 0.172. The highest BCUT2D eigenvalue weighted by Gasteiger charge is 2.32. The Morgan fingerprint density at radius 3 is 2.75 bits per heavy atom. The molecule has 0 unspecified atom stereocenters. The summed E-state index contributed by atoms with van der Waals surface area (Å²) in [6, 6.07) is 10.9. The number of primary amides is 1. The zero-order chi connectivity index (χ0) is 22.8. The molecule has 1 aliphatic heterocycles. The number of methoxy groups -OCH3 is 1. The lowest BCUT2D eigenvalue weighted by Crippen LogP contribution is -2.39. The van der Waals surface area contributed by atoms with Gasteiger partial charge in [0, 0.05) is 19.2 Å². The van der Waals surface area contributed by atoms with Crippen molar-refractivity contribution in [3.05, 3.63) is 52.8 Å². The van der Waals surface area contributed by atoms with Gasteiger partial charge >= 0.3 is 0 Å². The van der Waals surface area contributed by atoms with E-state index in [1.165, 1.54) is 13.2 Å². The van der Waals surface area contributed by atoms with Crippen LogP contribution in [-0.4, -0.2) is 46.5 Å². The minimum absolute atomic E-state index is 0.149. The van der Waals surface area contributed by atoms with Gasteiger partial charge in [-0.1, -0.05) is 23.7 Å². The largest absolute Gasteiger partial charge is 0.493 e. The van der Waals surface area contributed by atoms with Gasteiger partial charge < -0.3 is 24.7 Å². The average Bonchev–Trinajstić information content (AvgIpc) is 3.13. The Labute approximate surface area is 190 Å². The molecule has 1 fully saturated rings. The molecular weight excluding hydrogens is 432 g/mol. The van der Waals surface area contributed by atoms with E-state index in [1.54, 1.807) is 6.07 Å². The van der Waals surface area contributed by atoms with Crippen molar-refractivity contribution in [2.24, 2.45) is 12.8 Å². The van der Waals surface area contributed by atoms with Crippen molar-refractivity contribution >= 4 is 34.4 Å². The van der Waals surface area contributed by atoms with Crippen molar-refractivity contribution in [3.63, 3.8) is 0 Å². The van der Waals surface area contributed by atoms with Crippen LogP contribution >= 0.6 is 11.6 Å². The predicted molar refractivity (Wildman–Crippen MR) is 121 cm³/mol. The van der Waals surface area contributed by atoms with Crippen LogP contribution in [0.15, 0.2) is 36.4 Å². The SMILES string of the molecule is COc1cc(C(=O)N2CCCC[C@@H]2c2nc3ccccc3n2C)cc(Cl)c1OCC(N)=O. The monoisotopic (exact) mass is 456 g/mol. The molecule has 2 amide bonds. The normalized spacial score (nSPS) is 16.2. The Morgan fingerprint density at radius 1 is 1.25 bits per heavy atom. The van der Waals surface area contributed by atoms with Crippen LogP contribution in [0.1, 0.15) is 41.5 Å². The van der Waals surface area contributed by atoms with E-state index in [4.69, 9.17) is 31.8 Å². The van der Waals surface area contributed by atoms with Gasteiger partial charge in [-0.3, -0.25) is 9.59 Å². The van der Waals surface area contributed by atoms with Gasteiger partial charge in [-0.05, 0) is 43.5 Å². The molecule has 4 rings (SSSR count). The lowest BCUT2D eigenvalue weighted by molar-refractivity contribution is -0.119. The second-order valence-electron chi connectivity index (χ2n) is 7.77. The Morgan fingerprint density at radius 2 is 2.03 bits per heavy atom. The second-order valence-corrected chi connectivity index (χ2v) is 8.18. The van der Waals surface area contributed by atoms with E-state index in [1.807, 2.05) is 36.2 Å². The highest BCUT2D eigenvalue weighted by atomic mass is 35.5. The maximum Gasteiger partial charge on any atom is 0.255 e. The highest BCUT2D eigenvalue weighted by molar-refractivity contribution is 6.32. The average molecular weight is 457 g/mol. The Hall–Kier alpha value is -3.26. The van der Waals surface area contributed by atoms with Crippen LogP contribution in [0, 0.1) is 0 Å². The van der Waals surface area contributed by atoms with Gasteiger partial charge in [0.1, 0.15) is 5.82 Å². The van der Waals surface area contributed by atoms with E-state index in [0.29, 0.717) is 12.1 Å². The predicted octanol–water partition coefficient (Wildman–Crippen LogP) is 3.47. The van der Waals surface area contributed by atoms with Crippen LogP contribution in [0.25, 0.3) is 11.0 Å². The maximum atomic E-state index is 13.6. The molecule has 0 spiro atoms. The molecule has 1 aromatic heterocycles. The summed E-state index contributed by atoms with van der Waals surface area (Å²) in [5.41, 5.74) is 7.47. The van der Waals surface area contributed by atoms with Crippen molar-refractivity contribution in [2.75, 3.05) is 20.3 Å². The fraction of sp³-hybridized carbons (Fsp3) is 0.348. The van der Waals surface area contributed by atoms with Crippen molar-refractivity contribution in [1.29, 1.82) is 0 Å². The minimum Gasteiger partial charge on any atom is -0.493 e. The van der Waals surface area contributed by atoms with Crippen molar-refractivity contribution in [1.82, 2.24) is 14.5 Å². The summed E-state index contributed by atoms with van der Waals surface area (Å²) in [5.74, 6) is 0.498. The molecular formula is C23H25ClN4O4. The van der Waals surface area contributed by atoms with E-state index in [2.05, 4.69) is 4.57 Å². The summed E-state index contributed by atoms with van der Waals surface area (Å²) in [7, 11) is 3.42. The van der Waals surface area contributed by atoms with Crippen LogP contribution in [0.4, 0.5) is 0 Å². The summed E-state index contributed by atoms with van der Waals surface area (Å²) < 4.78 is 12.8. The number of nitrogens with zero attached hydrogens (tertiary/aromatic N) is 3. The number of para-hydroxylation sites is 2. The third-order valence-corrected chi connectivity index (χ3v) is 6.00. The summed E-state index contributed by atoms with van der Waals surface area (Å²) >= 11 is 6.37. The third-order valence-electron chi connectivity index (χ3n) is 5.72. The van der Waals surface area contributed by atoms with Gasteiger partial charge in [0.15, 0.2) is 18.1 Å². The van der Waals surface area contributed by atoms with Gasteiger partial charge in [-0.15, -0.1) is 0 Å². The molecule has 168 valence electrons. The number of ether oxygens (including phenoxy) is 2. The first kappa shape index (κ1) is 22.0. The molecule has 3 aromatic rings. The number of piperidine rings is 1. The van der Waals surface area contributed by atoms with E-state index in [0.717, 1.165) is 36.1 Å². The molecule has 0 aliphatic carbocycles. The first-order valence-electron chi connectivity index (χ1n) is 10.4. The summed E-state index contributed by atoms with van der Waals surface area (Å²) in [4.78, 5) is 31.3. The minimum atomic E-state index is -0.637. The summed E-state index contributed by atoms with van der Waals surface area (Å²) in [6.07, 6.45) is 2.76. The van der Waals surface area contributed by atoms with Crippen LogP contribution < -0.4 is 15.2 Å². The number of halogens is 1. The zero-order valence-electron chi connectivity index (χ0n) is 18.0. The topological polar surface area (TPSA) is 99.7 Å². The van der Waals surface area contributed by atoms with E-state index in [-0.39, 0.29) is 35.1 Å². The highest BCUT2D eigenvalue weighted by Crippen LogP contribution is 2.38. The number of amides is 2. The van der Waals surface area contributed by atoms with Crippen LogP contribution in [0.2, 0.25) is 5.02 Å². The fourth-order valence-corrected chi connectivity index (χ4v) is 4.46. The smallest absolute Gasteiger partial charge is 0.255 e. The Bertz CT molecular complexity index is 1180. The van der Waals surface area contributed by atoms with Gasteiger partial charge in [0.25, 0.3) is 11.8 Å². The molecule has 2 aromatic carbocycles. The van der Waals surface area contributed by atoms with Crippen LogP contribution in [0.5, 0.6) is 11.5 Å². The number of hydrogen-bond donors (Lipinski definition) is 1. The Kier molecular flexibility index (Phi) is 6.23. The number of benzene rings is 2. The first-order chi connectivity index (χ1) is 15.4. The second kappa shape index (κ2) is 9.08. The standard InChI is InChI=1S/C23H25ClN4O4/c1-27-17-8-4-3-7-16(17)26-22(27)18-9-5-6-10-28(18)23(30)14-11-15(24)21(19(12-14)31-2)32-13-20(25)29/h3-4,7-8,11-12,18H,5-6,9-10,13H2,1-2H3,(H2,25,29)/t18-/m1/s1. The van der Waals surface area contributed by atoms with Gasteiger partial charge in [-0.2, -0.15) is 0 Å². The van der Waals surface area contributed by atoms with Gasteiger partial charge in [0.2, 0.25) is 0 Å². The number of likely N-dealkylation sites (tertiary alicyclic amines) is 1. The first-order valence-corrected chi connectivity index (χ1v) is 10.8. The lowest BCUT2D eigenvalue weighted by Gasteiger charge is -2.35. The zero-order valence-corrected chi connectivity index (χ0v) is 18.8. The molecule has 0 radical (unpaired) electrons. The number of aromatic nitrogens is 2. The van der Waals surface area contributed by atoms with Crippen LogP contribution in [0.3, 0.4) is 0 Å². The number of hydrogen-bond acceptors (Lipinski definition) is 5. The molecule has 9 heteroatoms. The van der Waals surface area contributed by atoms with Gasteiger partial charge in [0.05, 0.1) is 29.2 Å². The van der Waals surface area contributed by atoms with E-state index >= 15 is 0 Å². The molecule has 2 heterocycles. The number of carbonyl (C=O) groups excluding carboxylic acids is 2. The fourth-order valence-electron chi connectivity index (χ4n) is 4.20. The molecule has 2 N–H and O–H groups in total. The Balaban J connectivity index is 1.68. The molecule has 0 bridgehead atoms. The molecule has 1 aliphatic rings. The summed E-state index contributed by atoms with van der Waals surface area (Å²) in [6.45, 7) is 0.275. The molecule has 1 saturated heterocycles. The number of aryl methyl sites for hydroxylation is 1. The lowest BCUT2D eigenvalue weighted by atomic mass is 10.00.